The fraction of sp³-hybridized carbons (Fsp3) is 0.467. The van der Waals surface area contributed by atoms with Crippen molar-refractivity contribution in [1.29, 1.82) is 0 Å². The average molecular weight is 314 g/mol. The van der Waals surface area contributed by atoms with Crippen molar-refractivity contribution in [2.24, 2.45) is 5.92 Å². The zero-order chi connectivity index (χ0) is 16.3. The molecule has 0 radical (unpaired) electrons. The van der Waals surface area contributed by atoms with Gasteiger partial charge >= 0.3 is 0 Å². The molecule has 0 aliphatic heterocycles. The molecule has 1 N–H and O–H groups in total. The van der Waals surface area contributed by atoms with E-state index in [1.165, 1.54) is 4.90 Å². The van der Waals surface area contributed by atoms with Crippen LogP contribution in [0.25, 0.3) is 0 Å². The minimum Gasteiger partial charge on any atom is -0.333 e. The highest BCUT2D eigenvalue weighted by molar-refractivity contribution is 5.95. The van der Waals surface area contributed by atoms with E-state index in [1.54, 1.807) is 0 Å². The molecule has 0 saturated heterocycles. The summed E-state index contributed by atoms with van der Waals surface area (Å²) >= 11 is 0. The minimum absolute atomic E-state index is 0.0284. The van der Waals surface area contributed by atoms with E-state index in [-0.39, 0.29) is 18.4 Å². The van der Waals surface area contributed by atoms with Gasteiger partial charge in [0.1, 0.15) is 0 Å². The fourth-order valence-corrected chi connectivity index (χ4v) is 2.11. The third-order valence-corrected chi connectivity index (χ3v) is 3.38. The number of carbonyl (C=O) groups excluding carboxylic acids is 2. The third-order valence-electron chi connectivity index (χ3n) is 3.38. The molecule has 7 heteroatoms. The molecule has 1 aromatic rings. The number of anilines is 1. The Morgan fingerprint density at radius 2 is 1.91 bits per heavy atom. The SMILES string of the molecule is CCCN(CC(=O)Nc1ccc(F)c(F)c1F)C(=O)C1CC1. The first kappa shape index (κ1) is 16.3. The topological polar surface area (TPSA) is 49.4 Å². The van der Waals surface area contributed by atoms with Crippen LogP contribution in [0.4, 0.5) is 18.9 Å². The number of carbonyl (C=O) groups is 2. The first-order valence-corrected chi connectivity index (χ1v) is 7.16. The van der Waals surface area contributed by atoms with Crippen LogP contribution in [-0.2, 0) is 9.59 Å². The highest BCUT2D eigenvalue weighted by atomic mass is 19.2. The first-order chi connectivity index (χ1) is 10.4. The van der Waals surface area contributed by atoms with Gasteiger partial charge in [-0.3, -0.25) is 9.59 Å². The molecular formula is C15H17F3N2O2. The van der Waals surface area contributed by atoms with Gasteiger partial charge in [-0.05, 0) is 31.4 Å². The molecule has 120 valence electrons. The van der Waals surface area contributed by atoms with Crippen molar-refractivity contribution < 1.29 is 22.8 Å². The highest BCUT2D eigenvalue weighted by Crippen LogP contribution is 2.31. The Labute approximate surface area is 126 Å². The second kappa shape index (κ2) is 6.81. The Morgan fingerprint density at radius 3 is 2.50 bits per heavy atom. The van der Waals surface area contributed by atoms with Gasteiger partial charge in [-0.2, -0.15) is 0 Å². The van der Waals surface area contributed by atoms with Crippen molar-refractivity contribution in [3.05, 3.63) is 29.6 Å². The number of rotatable bonds is 6. The molecule has 2 rings (SSSR count). The first-order valence-electron chi connectivity index (χ1n) is 7.16. The summed E-state index contributed by atoms with van der Waals surface area (Å²) in [5.74, 6) is -5.19. The zero-order valence-corrected chi connectivity index (χ0v) is 12.2. The van der Waals surface area contributed by atoms with Crippen LogP contribution in [-0.4, -0.2) is 29.8 Å². The summed E-state index contributed by atoms with van der Waals surface area (Å²) in [6.45, 7) is 2.06. The predicted octanol–water partition coefficient (Wildman–Crippen LogP) is 2.69. The van der Waals surface area contributed by atoms with E-state index in [1.807, 2.05) is 6.92 Å². The van der Waals surface area contributed by atoms with Crippen molar-refractivity contribution >= 4 is 17.5 Å². The fourth-order valence-electron chi connectivity index (χ4n) is 2.11. The van der Waals surface area contributed by atoms with E-state index in [0.29, 0.717) is 13.0 Å². The van der Waals surface area contributed by atoms with Crippen molar-refractivity contribution in [3.63, 3.8) is 0 Å². The van der Waals surface area contributed by atoms with Crippen LogP contribution in [0, 0.1) is 23.4 Å². The van der Waals surface area contributed by atoms with Crippen LogP contribution in [0.15, 0.2) is 12.1 Å². The molecule has 0 aromatic heterocycles. The van der Waals surface area contributed by atoms with Crippen LogP contribution in [0.3, 0.4) is 0 Å². The van der Waals surface area contributed by atoms with Gasteiger partial charge in [0, 0.05) is 12.5 Å². The van der Waals surface area contributed by atoms with Crippen molar-refractivity contribution in [2.45, 2.75) is 26.2 Å². The lowest BCUT2D eigenvalue weighted by Crippen LogP contribution is -2.39. The minimum atomic E-state index is -1.64. The van der Waals surface area contributed by atoms with Gasteiger partial charge in [-0.15, -0.1) is 0 Å². The molecule has 1 fully saturated rings. The molecule has 0 spiro atoms. The maximum absolute atomic E-state index is 13.5. The Morgan fingerprint density at radius 1 is 1.23 bits per heavy atom. The number of nitrogens with zero attached hydrogens (tertiary/aromatic N) is 1. The van der Waals surface area contributed by atoms with Crippen LogP contribution in [0.5, 0.6) is 0 Å². The van der Waals surface area contributed by atoms with Gasteiger partial charge in [0.2, 0.25) is 11.8 Å². The van der Waals surface area contributed by atoms with Gasteiger partial charge in [-0.1, -0.05) is 6.92 Å². The summed E-state index contributed by atoms with van der Waals surface area (Å²) < 4.78 is 39.4. The lowest BCUT2D eigenvalue weighted by Gasteiger charge is -2.21. The molecule has 1 saturated carbocycles. The molecule has 22 heavy (non-hydrogen) atoms. The van der Waals surface area contributed by atoms with Crippen LogP contribution in [0.2, 0.25) is 0 Å². The summed E-state index contributed by atoms with van der Waals surface area (Å²) in [5.41, 5.74) is -0.445. The molecule has 2 amide bonds. The predicted molar refractivity (Wildman–Crippen MR) is 74.5 cm³/mol. The van der Waals surface area contributed by atoms with Crippen LogP contribution in [0.1, 0.15) is 26.2 Å². The lowest BCUT2D eigenvalue weighted by atomic mass is 10.2. The van der Waals surface area contributed by atoms with E-state index in [4.69, 9.17) is 0 Å². The van der Waals surface area contributed by atoms with E-state index in [9.17, 15) is 22.8 Å². The van der Waals surface area contributed by atoms with Gasteiger partial charge in [0.15, 0.2) is 17.5 Å². The normalized spacial score (nSPS) is 13.8. The molecule has 0 heterocycles. The van der Waals surface area contributed by atoms with Crippen molar-refractivity contribution in [3.8, 4) is 0 Å². The number of hydrogen-bond acceptors (Lipinski definition) is 2. The summed E-state index contributed by atoms with van der Waals surface area (Å²) in [7, 11) is 0. The largest absolute Gasteiger partial charge is 0.333 e. The summed E-state index contributed by atoms with van der Waals surface area (Å²) in [6.07, 6.45) is 2.32. The number of halogens is 3. The zero-order valence-electron chi connectivity index (χ0n) is 12.2. The van der Waals surface area contributed by atoms with E-state index in [0.717, 1.165) is 25.0 Å². The Balaban J connectivity index is 2.01. The number of hydrogen-bond donors (Lipinski definition) is 1. The van der Waals surface area contributed by atoms with Gasteiger partial charge in [0.05, 0.1) is 12.2 Å². The smallest absolute Gasteiger partial charge is 0.244 e. The third kappa shape index (κ3) is 3.78. The molecule has 4 nitrogen and oxygen atoms in total. The number of amides is 2. The van der Waals surface area contributed by atoms with E-state index in [2.05, 4.69) is 5.32 Å². The molecule has 0 atom stereocenters. The summed E-state index contributed by atoms with van der Waals surface area (Å²) in [4.78, 5) is 25.3. The maximum Gasteiger partial charge on any atom is 0.244 e. The molecule has 1 aromatic carbocycles. The van der Waals surface area contributed by atoms with Crippen molar-refractivity contribution in [2.75, 3.05) is 18.4 Å². The lowest BCUT2D eigenvalue weighted by molar-refractivity contribution is -0.135. The number of benzene rings is 1. The maximum atomic E-state index is 13.5. The van der Waals surface area contributed by atoms with E-state index < -0.39 is 29.0 Å². The molecule has 1 aliphatic carbocycles. The van der Waals surface area contributed by atoms with Crippen LogP contribution < -0.4 is 5.32 Å². The summed E-state index contributed by atoms with van der Waals surface area (Å²) in [6, 6.07) is 1.67. The number of nitrogens with one attached hydrogen (secondary N) is 1. The molecule has 1 aliphatic rings. The van der Waals surface area contributed by atoms with E-state index >= 15 is 0 Å². The monoisotopic (exact) mass is 314 g/mol. The Bertz CT molecular complexity index is 588. The standard InChI is InChI=1S/C15H17F3N2O2/c1-2-7-20(15(22)9-3-4-9)8-12(21)19-11-6-5-10(16)13(17)14(11)18/h5-6,9H,2-4,7-8H2,1H3,(H,19,21). The highest BCUT2D eigenvalue weighted by Gasteiger charge is 2.33. The second-order valence-corrected chi connectivity index (χ2v) is 5.31. The summed E-state index contributed by atoms with van der Waals surface area (Å²) in [5, 5.41) is 2.17. The van der Waals surface area contributed by atoms with Gasteiger partial charge in [0.25, 0.3) is 0 Å². The van der Waals surface area contributed by atoms with Gasteiger partial charge < -0.3 is 10.2 Å². The molecule has 0 bridgehead atoms. The molecular weight excluding hydrogens is 297 g/mol. The quantitative estimate of drug-likeness (QED) is 0.821. The second-order valence-electron chi connectivity index (χ2n) is 5.31. The molecule has 0 unspecified atom stereocenters. The average Bonchev–Trinajstić information content (AvgIpc) is 3.31. The van der Waals surface area contributed by atoms with Gasteiger partial charge in [-0.25, -0.2) is 13.2 Å². The Hall–Kier alpha value is -2.05. The van der Waals surface area contributed by atoms with Crippen molar-refractivity contribution in [1.82, 2.24) is 4.90 Å². The van der Waals surface area contributed by atoms with Crippen LogP contribution >= 0.6 is 0 Å². The Kier molecular flexibility index (Phi) is 5.05.